The predicted octanol–water partition coefficient (Wildman–Crippen LogP) is 1.06. The van der Waals surface area contributed by atoms with Crippen LogP contribution in [0.3, 0.4) is 0 Å². The van der Waals surface area contributed by atoms with Crippen LogP contribution in [0, 0.1) is 6.92 Å². The number of hydrogen-bond donors (Lipinski definition) is 1. The van der Waals surface area contributed by atoms with Crippen LogP contribution in [0.5, 0.6) is 0 Å². The van der Waals surface area contributed by atoms with E-state index in [1.165, 1.54) is 10.9 Å². The maximum absolute atomic E-state index is 12.1. The lowest BCUT2D eigenvalue weighted by atomic mass is 10.4. The molecule has 0 atom stereocenters. The average molecular weight is 362 g/mol. The van der Waals surface area contributed by atoms with Gasteiger partial charge in [0.2, 0.25) is 10.0 Å². The fourth-order valence-corrected chi connectivity index (χ4v) is 3.33. The van der Waals surface area contributed by atoms with Gasteiger partial charge in [-0.05, 0) is 29.3 Å². The Morgan fingerprint density at radius 2 is 2.10 bits per heavy atom. The summed E-state index contributed by atoms with van der Waals surface area (Å²) in [4.78, 5) is 0.224. The second-order valence-electron chi connectivity index (χ2n) is 4.39. The largest absolute Gasteiger partial charge is 0.272 e. The summed E-state index contributed by atoms with van der Waals surface area (Å²) in [5.74, 6) is 0. The summed E-state index contributed by atoms with van der Waals surface area (Å²) in [6.45, 7) is 2.73. The summed E-state index contributed by atoms with van der Waals surface area (Å²) in [5, 5.41) is 8.04. The van der Waals surface area contributed by atoms with Gasteiger partial charge in [-0.25, -0.2) is 13.1 Å². The van der Waals surface area contributed by atoms with Crippen molar-refractivity contribution in [3.05, 3.63) is 28.8 Å². The van der Waals surface area contributed by atoms with Gasteiger partial charge in [-0.15, -0.1) is 0 Å². The predicted molar refractivity (Wildman–Crippen MR) is 77.7 cm³/mol. The summed E-state index contributed by atoms with van der Waals surface area (Å²) in [7, 11) is -1.78. The monoisotopic (exact) mass is 361 g/mol. The molecule has 9 heteroatoms. The van der Waals surface area contributed by atoms with Crippen LogP contribution >= 0.6 is 15.9 Å². The van der Waals surface area contributed by atoms with Crippen LogP contribution in [0.1, 0.15) is 12.1 Å². The molecule has 0 aliphatic carbocycles. The highest BCUT2D eigenvalue weighted by atomic mass is 79.9. The molecule has 2 heterocycles. The maximum atomic E-state index is 12.1. The SMILES string of the molecule is Cc1c(S(=O)(=O)NCCCn2cc(Br)cn2)cnn1C. The molecule has 0 aliphatic heterocycles. The lowest BCUT2D eigenvalue weighted by Gasteiger charge is -2.06. The number of rotatable bonds is 6. The van der Waals surface area contributed by atoms with E-state index >= 15 is 0 Å². The van der Waals surface area contributed by atoms with Crippen LogP contribution < -0.4 is 4.72 Å². The van der Waals surface area contributed by atoms with Gasteiger partial charge < -0.3 is 0 Å². The van der Waals surface area contributed by atoms with Crippen molar-refractivity contribution in [2.45, 2.75) is 24.8 Å². The van der Waals surface area contributed by atoms with Crippen molar-refractivity contribution in [3.63, 3.8) is 0 Å². The van der Waals surface area contributed by atoms with Crippen molar-refractivity contribution >= 4 is 26.0 Å². The number of aryl methyl sites for hydroxylation is 2. The average Bonchev–Trinajstić information content (AvgIpc) is 2.93. The summed E-state index contributed by atoms with van der Waals surface area (Å²) in [6.07, 6.45) is 5.57. The summed E-state index contributed by atoms with van der Waals surface area (Å²) in [6, 6.07) is 0. The molecule has 0 aromatic carbocycles. The molecule has 0 unspecified atom stereocenters. The summed E-state index contributed by atoms with van der Waals surface area (Å²) < 4.78 is 30.9. The summed E-state index contributed by atoms with van der Waals surface area (Å²) in [5.41, 5.74) is 0.619. The highest BCUT2D eigenvalue weighted by Gasteiger charge is 2.19. The van der Waals surface area contributed by atoms with E-state index in [-0.39, 0.29) is 4.90 Å². The van der Waals surface area contributed by atoms with E-state index in [0.717, 1.165) is 4.47 Å². The Balaban J connectivity index is 1.88. The molecule has 0 saturated heterocycles. The molecule has 2 aromatic heterocycles. The quantitative estimate of drug-likeness (QED) is 0.779. The molecule has 0 radical (unpaired) electrons. The molecule has 0 amide bonds. The molecule has 0 aliphatic rings. The minimum Gasteiger partial charge on any atom is -0.272 e. The van der Waals surface area contributed by atoms with Crippen molar-refractivity contribution < 1.29 is 8.42 Å². The first-order chi connectivity index (χ1) is 9.40. The van der Waals surface area contributed by atoms with Gasteiger partial charge in [-0.2, -0.15) is 10.2 Å². The van der Waals surface area contributed by atoms with Gasteiger partial charge in [0.15, 0.2) is 0 Å². The smallest absolute Gasteiger partial charge is 0.243 e. The molecule has 7 nitrogen and oxygen atoms in total. The number of aromatic nitrogens is 4. The number of hydrogen-bond acceptors (Lipinski definition) is 4. The van der Waals surface area contributed by atoms with E-state index in [9.17, 15) is 8.42 Å². The van der Waals surface area contributed by atoms with Crippen LogP contribution in [0.4, 0.5) is 0 Å². The van der Waals surface area contributed by atoms with Crippen molar-refractivity contribution in [3.8, 4) is 0 Å². The Bertz CT molecular complexity index is 691. The minimum absolute atomic E-state index is 0.224. The molecular weight excluding hydrogens is 346 g/mol. The molecule has 0 saturated carbocycles. The van der Waals surface area contributed by atoms with E-state index in [2.05, 4.69) is 30.8 Å². The molecule has 2 aromatic rings. The molecule has 110 valence electrons. The molecule has 20 heavy (non-hydrogen) atoms. The van der Waals surface area contributed by atoms with E-state index in [4.69, 9.17) is 0 Å². The van der Waals surface area contributed by atoms with Crippen LogP contribution in [0.2, 0.25) is 0 Å². The van der Waals surface area contributed by atoms with Crippen LogP contribution in [0.15, 0.2) is 28.0 Å². The van der Waals surface area contributed by atoms with E-state index in [1.807, 2.05) is 6.20 Å². The third kappa shape index (κ3) is 3.47. The number of halogens is 1. The zero-order valence-electron chi connectivity index (χ0n) is 11.2. The molecule has 0 fully saturated rings. The first kappa shape index (κ1) is 15.2. The van der Waals surface area contributed by atoms with Gasteiger partial charge in [0, 0.05) is 26.3 Å². The Kier molecular flexibility index (Phi) is 4.61. The fraction of sp³-hybridized carbons (Fsp3) is 0.455. The second kappa shape index (κ2) is 6.06. The Hall–Kier alpha value is -1.19. The fourth-order valence-electron chi connectivity index (χ4n) is 1.73. The summed E-state index contributed by atoms with van der Waals surface area (Å²) >= 11 is 3.31. The molecule has 1 N–H and O–H groups in total. The molecule has 2 rings (SSSR count). The van der Waals surface area contributed by atoms with Gasteiger partial charge in [0.25, 0.3) is 0 Å². The molecular formula is C11H16BrN5O2S. The van der Waals surface area contributed by atoms with E-state index in [1.54, 1.807) is 24.9 Å². The second-order valence-corrected chi connectivity index (χ2v) is 7.04. The number of sulfonamides is 1. The third-order valence-corrected chi connectivity index (χ3v) is 4.91. The van der Waals surface area contributed by atoms with Crippen molar-refractivity contribution in [2.75, 3.05) is 6.54 Å². The maximum Gasteiger partial charge on any atom is 0.243 e. The van der Waals surface area contributed by atoms with Crippen molar-refractivity contribution in [1.82, 2.24) is 24.3 Å². The lowest BCUT2D eigenvalue weighted by molar-refractivity contribution is 0.552. The molecule has 0 bridgehead atoms. The van der Waals surface area contributed by atoms with Crippen LogP contribution in [0.25, 0.3) is 0 Å². The van der Waals surface area contributed by atoms with E-state index < -0.39 is 10.0 Å². The van der Waals surface area contributed by atoms with Gasteiger partial charge >= 0.3 is 0 Å². The third-order valence-electron chi connectivity index (χ3n) is 2.94. The van der Waals surface area contributed by atoms with Gasteiger partial charge in [-0.1, -0.05) is 0 Å². The van der Waals surface area contributed by atoms with Crippen molar-refractivity contribution in [1.29, 1.82) is 0 Å². The number of nitrogens with zero attached hydrogens (tertiary/aromatic N) is 4. The zero-order chi connectivity index (χ0) is 14.8. The lowest BCUT2D eigenvalue weighted by Crippen LogP contribution is -2.26. The highest BCUT2D eigenvalue weighted by molar-refractivity contribution is 9.10. The Morgan fingerprint density at radius 3 is 2.65 bits per heavy atom. The van der Waals surface area contributed by atoms with Crippen LogP contribution in [-0.4, -0.2) is 34.5 Å². The Morgan fingerprint density at radius 1 is 1.35 bits per heavy atom. The Labute approximate surface area is 126 Å². The van der Waals surface area contributed by atoms with Gasteiger partial charge in [0.05, 0.1) is 22.6 Å². The first-order valence-corrected chi connectivity index (χ1v) is 8.34. The standard InChI is InChI=1S/C11H16BrN5O2S/c1-9-11(7-13-16(9)2)20(18,19)15-4-3-5-17-8-10(12)6-14-17/h6-8,15H,3-5H2,1-2H3. The van der Waals surface area contributed by atoms with E-state index in [0.29, 0.717) is 25.2 Å². The minimum atomic E-state index is -3.49. The van der Waals surface area contributed by atoms with Gasteiger partial charge in [0.1, 0.15) is 4.90 Å². The highest BCUT2D eigenvalue weighted by Crippen LogP contribution is 2.12. The first-order valence-electron chi connectivity index (χ1n) is 6.06. The van der Waals surface area contributed by atoms with Crippen molar-refractivity contribution in [2.24, 2.45) is 7.05 Å². The topological polar surface area (TPSA) is 81.8 Å². The van der Waals surface area contributed by atoms with Crippen LogP contribution in [-0.2, 0) is 23.6 Å². The normalized spacial score (nSPS) is 11.9. The number of nitrogens with one attached hydrogen (secondary N) is 1. The zero-order valence-corrected chi connectivity index (χ0v) is 13.6. The van der Waals surface area contributed by atoms with Gasteiger partial charge in [-0.3, -0.25) is 9.36 Å². The molecule has 0 spiro atoms.